The molecule has 5 aromatic rings. The fourth-order valence-corrected chi connectivity index (χ4v) is 6.74. The van der Waals surface area contributed by atoms with Crippen molar-refractivity contribution in [2.24, 2.45) is 0 Å². The summed E-state index contributed by atoms with van der Waals surface area (Å²) in [6.07, 6.45) is 5.51. The molecule has 0 unspecified atom stereocenters. The Kier molecular flexibility index (Phi) is 10.6. The molecule has 0 bridgehead atoms. The van der Waals surface area contributed by atoms with Gasteiger partial charge in [-0.05, 0) is 54.4 Å². The van der Waals surface area contributed by atoms with Gasteiger partial charge >= 0.3 is 0 Å². The third kappa shape index (κ3) is 7.56. The van der Waals surface area contributed by atoms with Crippen LogP contribution in [0, 0.1) is 10.1 Å². The summed E-state index contributed by atoms with van der Waals surface area (Å²) in [5.41, 5.74) is 2.71. The number of hydrogen-bond donors (Lipinski definition) is 3. The van der Waals surface area contributed by atoms with Gasteiger partial charge < -0.3 is 10.6 Å². The zero-order valence-corrected chi connectivity index (χ0v) is 30.2. The smallest absolute Gasteiger partial charge is 0.270 e. The Morgan fingerprint density at radius 3 is 1.65 bits per heavy atom. The van der Waals surface area contributed by atoms with Gasteiger partial charge in [-0.2, -0.15) is 8.42 Å². The molecule has 4 aromatic carbocycles. The summed E-state index contributed by atoms with van der Waals surface area (Å²) < 4.78 is 25.9. The number of nitro groups is 1. The molecule has 0 spiro atoms. The van der Waals surface area contributed by atoms with Gasteiger partial charge in [0, 0.05) is 95.8 Å². The summed E-state index contributed by atoms with van der Waals surface area (Å²) in [6.45, 7) is 5.13. The minimum atomic E-state index is -3.67. The molecule has 0 aliphatic carbocycles. The van der Waals surface area contributed by atoms with Crippen LogP contribution in [-0.4, -0.2) is 106 Å². The minimum absolute atomic E-state index is 0.132. The normalized spacial score (nSPS) is 15.0. The van der Waals surface area contributed by atoms with Crippen LogP contribution in [0.3, 0.4) is 0 Å². The summed E-state index contributed by atoms with van der Waals surface area (Å²) in [6, 6.07) is 15.7. The number of hydrogen-bond acceptors (Lipinski definition) is 12. The van der Waals surface area contributed by atoms with Crippen molar-refractivity contribution in [1.82, 2.24) is 30.4 Å². The highest BCUT2D eigenvalue weighted by Crippen LogP contribution is 2.36. The number of amides is 4. The predicted octanol–water partition coefficient (Wildman–Crippen LogP) is 3.71. The van der Waals surface area contributed by atoms with E-state index in [1.165, 1.54) is 23.4 Å². The first-order valence-electron chi connectivity index (χ1n) is 16.8. The molecule has 0 saturated carbocycles. The first-order chi connectivity index (χ1) is 25.7. The summed E-state index contributed by atoms with van der Waals surface area (Å²) in [7, 11) is -3.67. The molecule has 4 amide bonds. The van der Waals surface area contributed by atoms with E-state index in [2.05, 4.69) is 20.6 Å². The maximum atomic E-state index is 13.8. The summed E-state index contributed by atoms with van der Waals surface area (Å²) in [5, 5.41) is 20.4. The molecule has 2 aliphatic rings. The predicted molar refractivity (Wildman–Crippen MR) is 199 cm³/mol. The summed E-state index contributed by atoms with van der Waals surface area (Å²) in [5.74, 6) is -1.74. The highest BCUT2D eigenvalue weighted by molar-refractivity contribution is 7.85. The van der Waals surface area contributed by atoms with E-state index in [9.17, 15) is 37.7 Å². The average Bonchev–Trinajstić information content (AvgIpc) is 3.13. The maximum absolute atomic E-state index is 13.8. The monoisotopic (exact) mass is 753 g/mol. The standard InChI is InChI=1S/C36H31N7O6.CH4O3S/c1-20(41-33(44)27-7-3-5-22-11-24(25-17-39-19-40-18-25)13-29(31(22)27)35(41)46)15-37-9-10-38-16-21(2)42-34(45)28-8-4-6-23-12-26(43(48)49)14-30(32(23)28)36(42)47;1-5(2,3)4/h3-8,11-14,17-21,37-38H,9-10,15-16H2,1-2H3;1H3,(H,2,3,4)/t20-,21+;/m1./s1. The maximum Gasteiger partial charge on any atom is 0.270 e. The second-order valence-corrected chi connectivity index (χ2v) is 14.5. The average molecular weight is 754 g/mol. The largest absolute Gasteiger partial charge is 0.313 e. The van der Waals surface area contributed by atoms with E-state index in [4.69, 9.17) is 4.55 Å². The molecule has 54 heavy (non-hydrogen) atoms. The summed E-state index contributed by atoms with van der Waals surface area (Å²) >= 11 is 0. The lowest BCUT2D eigenvalue weighted by Gasteiger charge is -2.32. The van der Waals surface area contributed by atoms with Crippen molar-refractivity contribution in [3.8, 4) is 11.1 Å². The lowest BCUT2D eigenvalue weighted by Crippen LogP contribution is -2.51. The van der Waals surface area contributed by atoms with E-state index in [0.29, 0.717) is 58.7 Å². The van der Waals surface area contributed by atoms with Crippen molar-refractivity contribution >= 4 is 61.0 Å². The Balaban J connectivity index is 0.000000934. The third-order valence-electron chi connectivity index (χ3n) is 9.08. The van der Waals surface area contributed by atoms with Crippen LogP contribution in [0.25, 0.3) is 32.7 Å². The van der Waals surface area contributed by atoms with E-state index in [1.54, 1.807) is 49.6 Å². The number of nitrogens with zero attached hydrogens (tertiary/aromatic N) is 5. The lowest BCUT2D eigenvalue weighted by molar-refractivity contribution is -0.384. The first-order valence-corrected chi connectivity index (χ1v) is 18.6. The quantitative estimate of drug-likeness (QED) is 0.0576. The Morgan fingerprint density at radius 2 is 1.17 bits per heavy atom. The van der Waals surface area contributed by atoms with Crippen LogP contribution in [-0.2, 0) is 10.1 Å². The molecule has 7 rings (SSSR count). The number of carbonyl (C=O) groups is 4. The minimum Gasteiger partial charge on any atom is -0.313 e. The van der Waals surface area contributed by atoms with Crippen LogP contribution in [0.5, 0.6) is 0 Å². The van der Waals surface area contributed by atoms with Crippen LogP contribution in [0.4, 0.5) is 5.69 Å². The second-order valence-electron chi connectivity index (χ2n) is 13.0. The third-order valence-corrected chi connectivity index (χ3v) is 9.08. The van der Waals surface area contributed by atoms with E-state index in [0.717, 1.165) is 21.4 Å². The van der Waals surface area contributed by atoms with Gasteiger partial charge in [0.25, 0.3) is 39.4 Å². The van der Waals surface area contributed by atoms with E-state index < -0.39 is 38.9 Å². The molecule has 0 radical (unpaired) electrons. The van der Waals surface area contributed by atoms with Gasteiger partial charge in [-0.15, -0.1) is 0 Å². The van der Waals surface area contributed by atoms with Crippen LogP contribution < -0.4 is 10.6 Å². The van der Waals surface area contributed by atoms with Crippen molar-refractivity contribution in [2.45, 2.75) is 25.9 Å². The van der Waals surface area contributed by atoms with E-state index in [-0.39, 0.29) is 29.6 Å². The molecule has 2 aliphatic heterocycles. The SMILES string of the molecule is CS(=O)(=O)O.C[C@H](CNCCNC[C@H](C)N1C(=O)c2cccc3cc([N+](=O)[O-])cc(c23)C1=O)N1C(=O)c2cccc3cc(-c4cncnc4)cc(c23)C1=O. The molecule has 3 N–H and O–H groups in total. The van der Waals surface area contributed by atoms with Crippen molar-refractivity contribution < 1.29 is 37.1 Å². The fourth-order valence-electron chi connectivity index (χ4n) is 6.74. The molecule has 16 nitrogen and oxygen atoms in total. The van der Waals surface area contributed by atoms with Gasteiger partial charge in [0.1, 0.15) is 6.33 Å². The molecule has 1 aromatic heterocycles. The molecule has 2 atom stereocenters. The van der Waals surface area contributed by atoms with Crippen LogP contribution in [0.1, 0.15) is 55.3 Å². The van der Waals surface area contributed by atoms with Gasteiger partial charge in [-0.25, -0.2) is 9.97 Å². The zero-order valence-electron chi connectivity index (χ0n) is 29.3. The van der Waals surface area contributed by atoms with E-state index >= 15 is 0 Å². The molecular weight excluding hydrogens is 719 g/mol. The zero-order chi connectivity index (χ0) is 38.9. The number of nitrogens with one attached hydrogen (secondary N) is 2. The lowest BCUT2D eigenvalue weighted by atomic mass is 9.90. The summed E-state index contributed by atoms with van der Waals surface area (Å²) in [4.78, 5) is 75.7. The van der Waals surface area contributed by atoms with Gasteiger partial charge in [-0.1, -0.05) is 24.3 Å². The number of non-ortho nitro benzene ring substituents is 1. The number of nitro benzene ring substituents is 1. The van der Waals surface area contributed by atoms with Crippen molar-refractivity contribution in [2.75, 3.05) is 32.4 Å². The highest BCUT2D eigenvalue weighted by atomic mass is 32.2. The fraction of sp³-hybridized carbons (Fsp3) is 0.243. The molecule has 0 saturated heterocycles. The number of imide groups is 2. The van der Waals surface area contributed by atoms with Gasteiger partial charge in [0.05, 0.1) is 16.7 Å². The Hall–Kier alpha value is -6.01. The number of aromatic nitrogens is 2. The van der Waals surface area contributed by atoms with Crippen molar-refractivity contribution in [1.29, 1.82) is 0 Å². The molecule has 0 fully saturated rings. The van der Waals surface area contributed by atoms with E-state index in [1.807, 2.05) is 25.1 Å². The number of benzene rings is 4. The van der Waals surface area contributed by atoms with Gasteiger partial charge in [-0.3, -0.25) is 43.6 Å². The van der Waals surface area contributed by atoms with Crippen LogP contribution >= 0.6 is 0 Å². The topological polar surface area (TPSA) is 222 Å². The molecule has 3 heterocycles. The van der Waals surface area contributed by atoms with Crippen LogP contribution in [0.15, 0.2) is 79.4 Å². The Bertz CT molecular complexity index is 2450. The van der Waals surface area contributed by atoms with Crippen LogP contribution in [0.2, 0.25) is 0 Å². The first kappa shape index (κ1) is 37.7. The van der Waals surface area contributed by atoms with Gasteiger partial charge in [0.2, 0.25) is 0 Å². The highest BCUT2D eigenvalue weighted by Gasteiger charge is 2.38. The Morgan fingerprint density at radius 1 is 0.722 bits per heavy atom. The Labute approximate surface area is 309 Å². The molecular formula is C37H35N7O9S. The molecule has 278 valence electrons. The van der Waals surface area contributed by atoms with Crippen molar-refractivity contribution in [3.63, 3.8) is 0 Å². The number of rotatable bonds is 11. The second kappa shape index (κ2) is 15.2. The number of carbonyl (C=O) groups excluding carboxylic acids is 4. The molecule has 17 heteroatoms. The van der Waals surface area contributed by atoms with Gasteiger partial charge in [0.15, 0.2) is 0 Å². The van der Waals surface area contributed by atoms with Crippen molar-refractivity contribution in [3.05, 3.63) is 112 Å².